The van der Waals surface area contributed by atoms with Crippen LogP contribution < -0.4 is 10.1 Å². The van der Waals surface area contributed by atoms with Gasteiger partial charge in [-0.15, -0.1) is 0 Å². The fourth-order valence-electron chi connectivity index (χ4n) is 2.00. The van der Waals surface area contributed by atoms with Crippen molar-refractivity contribution in [3.05, 3.63) is 58.1 Å². The highest BCUT2D eigenvalue weighted by atomic mass is 79.9. The van der Waals surface area contributed by atoms with Crippen LogP contribution in [0.5, 0.6) is 5.75 Å². The highest BCUT2D eigenvalue weighted by Crippen LogP contribution is 2.24. The summed E-state index contributed by atoms with van der Waals surface area (Å²) in [5.41, 5.74) is 3.29. The number of halogens is 1. The van der Waals surface area contributed by atoms with Crippen molar-refractivity contribution < 1.29 is 9.84 Å². The molecule has 4 heteroatoms. The Morgan fingerprint density at radius 2 is 1.90 bits per heavy atom. The van der Waals surface area contributed by atoms with Gasteiger partial charge in [-0.1, -0.05) is 28.1 Å². The minimum absolute atomic E-state index is 0.183. The van der Waals surface area contributed by atoms with E-state index < -0.39 is 0 Å². The van der Waals surface area contributed by atoms with Crippen LogP contribution in [-0.2, 0) is 13.0 Å². The number of ether oxygens (including phenoxy) is 1. The zero-order valence-electron chi connectivity index (χ0n) is 11.4. The van der Waals surface area contributed by atoms with Gasteiger partial charge in [0.15, 0.2) is 0 Å². The van der Waals surface area contributed by atoms with Crippen molar-refractivity contribution in [2.24, 2.45) is 0 Å². The summed E-state index contributed by atoms with van der Waals surface area (Å²) in [6, 6.07) is 14.1. The Kier molecular flexibility index (Phi) is 5.44. The predicted octanol–water partition coefficient (Wildman–Crippen LogP) is 3.60. The van der Waals surface area contributed by atoms with E-state index in [4.69, 9.17) is 9.84 Å². The lowest BCUT2D eigenvalue weighted by atomic mass is 10.1. The van der Waals surface area contributed by atoms with Crippen molar-refractivity contribution in [2.45, 2.75) is 13.0 Å². The fourth-order valence-corrected chi connectivity index (χ4v) is 2.41. The van der Waals surface area contributed by atoms with E-state index in [9.17, 15) is 0 Å². The molecular formula is C16H18BrNO2. The SMILES string of the molecule is COc1ccc(Br)cc1CNc1ccc(CCO)cc1. The van der Waals surface area contributed by atoms with E-state index >= 15 is 0 Å². The average Bonchev–Trinajstić information content (AvgIpc) is 2.47. The van der Waals surface area contributed by atoms with Gasteiger partial charge in [0.05, 0.1) is 7.11 Å². The van der Waals surface area contributed by atoms with E-state index in [2.05, 4.69) is 21.2 Å². The molecule has 2 aromatic rings. The Balaban J connectivity index is 2.02. The maximum absolute atomic E-state index is 8.89. The summed E-state index contributed by atoms with van der Waals surface area (Å²) in [6.45, 7) is 0.879. The smallest absolute Gasteiger partial charge is 0.123 e. The molecule has 3 nitrogen and oxygen atoms in total. The maximum Gasteiger partial charge on any atom is 0.123 e. The van der Waals surface area contributed by atoms with Gasteiger partial charge in [0.2, 0.25) is 0 Å². The first-order chi connectivity index (χ1) is 9.72. The van der Waals surface area contributed by atoms with Gasteiger partial charge in [0.1, 0.15) is 5.75 Å². The third-order valence-electron chi connectivity index (χ3n) is 3.08. The molecule has 0 unspecified atom stereocenters. The van der Waals surface area contributed by atoms with Gasteiger partial charge in [0.25, 0.3) is 0 Å². The minimum Gasteiger partial charge on any atom is -0.496 e. The molecule has 20 heavy (non-hydrogen) atoms. The van der Waals surface area contributed by atoms with Crippen LogP contribution >= 0.6 is 15.9 Å². The quantitative estimate of drug-likeness (QED) is 0.847. The van der Waals surface area contributed by atoms with Crippen LogP contribution in [0.4, 0.5) is 5.69 Å². The molecule has 0 fully saturated rings. The summed E-state index contributed by atoms with van der Waals surface area (Å²) in [5.74, 6) is 0.873. The Labute approximate surface area is 127 Å². The Bertz CT molecular complexity index is 555. The van der Waals surface area contributed by atoms with Crippen LogP contribution in [0.15, 0.2) is 46.9 Å². The van der Waals surface area contributed by atoms with E-state index in [0.29, 0.717) is 13.0 Å². The molecular weight excluding hydrogens is 318 g/mol. The minimum atomic E-state index is 0.183. The van der Waals surface area contributed by atoms with E-state index in [1.807, 2.05) is 42.5 Å². The number of anilines is 1. The standard InChI is InChI=1S/C16H18BrNO2/c1-20-16-7-4-14(17)10-13(16)11-18-15-5-2-12(3-6-15)8-9-19/h2-7,10,18-19H,8-9,11H2,1H3. The number of rotatable bonds is 6. The molecule has 0 radical (unpaired) electrons. The van der Waals surface area contributed by atoms with Gasteiger partial charge in [-0.2, -0.15) is 0 Å². The summed E-state index contributed by atoms with van der Waals surface area (Å²) in [7, 11) is 1.68. The van der Waals surface area contributed by atoms with Gasteiger partial charge in [0, 0.05) is 28.9 Å². The van der Waals surface area contributed by atoms with E-state index in [-0.39, 0.29) is 6.61 Å². The first kappa shape index (κ1) is 14.9. The van der Waals surface area contributed by atoms with Gasteiger partial charge in [-0.3, -0.25) is 0 Å². The number of hydrogen-bond acceptors (Lipinski definition) is 3. The second-order valence-corrected chi connectivity index (χ2v) is 5.40. The summed E-state index contributed by atoms with van der Waals surface area (Å²) in [6.07, 6.45) is 0.694. The molecule has 0 bridgehead atoms. The van der Waals surface area contributed by atoms with Crippen molar-refractivity contribution in [3.63, 3.8) is 0 Å². The van der Waals surface area contributed by atoms with Gasteiger partial charge in [-0.25, -0.2) is 0 Å². The van der Waals surface area contributed by atoms with E-state index in [0.717, 1.165) is 27.0 Å². The first-order valence-corrected chi connectivity index (χ1v) is 7.28. The maximum atomic E-state index is 8.89. The summed E-state index contributed by atoms with van der Waals surface area (Å²) in [4.78, 5) is 0. The summed E-state index contributed by atoms with van der Waals surface area (Å²) >= 11 is 3.47. The number of hydrogen-bond donors (Lipinski definition) is 2. The molecule has 2 rings (SSSR count). The summed E-state index contributed by atoms with van der Waals surface area (Å²) in [5, 5.41) is 12.3. The molecule has 0 heterocycles. The number of aliphatic hydroxyl groups is 1. The van der Waals surface area contributed by atoms with Gasteiger partial charge >= 0.3 is 0 Å². The van der Waals surface area contributed by atoms with Crippen LogP contribution in [-0.4, -0.2) is 18.8 Å². The lowest BCUT2D eigenvalue weighted by molar-refractivity contribution is 0.299. The number of nitrogens with one attached hydrogen (secondary N) is 1. The fraction of sp³-hybridized carbons (Fsp3) is 0.250. The number of methoxy groups -OCH3 is 1. The lowest BCUT2D eigenvalue weighted by Crippen LogP contribution is -2.02. The largest absolute Gasteiger partial charge is 0.496 e. The Morgan fingerprint density at radius 3 is 2.55 bits per heavy atom. The molecule has 0 aliphatic heterocycles. The molecule has 0 amide bonds. The van der Waals surface area contributed by atoms with Gasteiger partial charge < -0.3 is 15.2 Å². The molecule has 0 aliphatic rings. The molecule has 0 saturated heterocycles. The average molecular weight is 336 g/mol. The van der Waals surface area contributed by atoms with Crippen LogP contribution in [0.25, 0.3) is 0 Å². The van der Waals surface area contributed by atoms with Crippen molar-refractivity contribution in [1.29, 1.82) is 0 Å². The van der Waals surface area contributed by atoms with Crippen LogP contribution in [0.3, 0.4) is 0 Å². The molecule has 0 aromatic heterocycles. The van der Waals surface area contributed by atoms with Crippen LogP contribution in [0, 0.1) is 0 Å². The normalized spacial score (nSPS) is 10.3. The highest BCUT2D eigenvalue weighted by Gasteiger charge is 2.03. The molecule has 0 spiro atoms. The number of aliphatic hydroxyl groups excluding tert-OH is 1. The number of benzene rings is 2. The monoisotopic (exact) mass is 335 g/mol. The van der Waals surface area contributed by atoms with Crippen molar-refractivity contribution in [1.82, 2.24) is 0 Å². The second-order valence-electron chi connectivity index (χ2n) is 4.48. The molecule has 2 aromatic carbocycles. The zero-order valence-corrected chi connectivity index (χ0v) is 13.0. The predicted molar refractivity (Wildman–Crippen MR) is 85.3 cm³/mol. The van der Waals surface area contributed by atoms with Crippen molar-refractivity contribution in [2.75, 3.05) is 19.0 Å². The van der Waals surface area contributed by atoms with E-state index in [1.54, 1.807) is 7.11 Å². The second kappa shape index (κ2) is 7.31. The molecule has 0 saturated carbocycles. The lowest BCUT2D eigenvalue weighted by Gasteiger charge is -2.11. The molecule has 106 valence electrons. The third-order valence-corrected chi connectivity index (χ3v) is 3.57. The van der Waals surface area contributed by atoms with Crippen molar-refractivity contribution >= 4 is 21.6 Å². The zero-order chi connectivity index (χ0) is 14.4. The van der Waals surface area contributed by atoms with Crippen LogP contribution in [0.1, 0.15) is 11.1 Å². The summed E-state index contributed by atoms with van der Waals surface area (Å²) < 4.78 is 6.39. The highest BCUT2D eigenvalue weighted by molar-refractivity contribution is 9.10. The Hall–Kier alpha value is -1.52. The molecule has 0 aliphatic carbocycles. The topological polar surface area (TPSA) is 41.5 Å². The van der Waals surface area contributed by atoms with E-state index in [1.165, 1.54) is 0 Å². The third kappa shape index (κ3) is 3.99. The first-order valence-electron chi connectivity index (χ1n) is 6.49. The van der Waals surface area contributed by atoms with Crippen LogP contribution in [0.2, 0.25) is 0 Å². The molecule has 2 N–H and O–H groups in total. The molecule has 0 atom stereocenters. The van der Waals surface area contributed by atoms with Gasteiger partial charge in [-0.05, 0) is 42.3 Å². The van der Waals surface area contributed by atoms with Crippen molar-refractivity contribution in [3.8, 4) is 5.75 Å². The Morgan fingerprint density at radius 1 is 1.15 bits per heavy atom.